The normalized spacial score (nSPS) is 39.1. The van der Waals surface area contributed by atoms with Crippen molar-refractivity contribution in [3.63, 3.8) is 0 Å². The van der Waals surface area contributed by atoms with Gasteiger partial charge < -0.3 is 19.7 Å². The quantitative estimate of drug-likeness (QED) is 0.514. The summed E-state index contributed by atoms with van der Waals surface area (Å²) in [5.41, 5.74) is -0.592. The molecule has 0 amide bonds. The standard InChI is InChI=1S/C26H48O4/c1-23(2,28)16-8-10-18(12-15-22-24(3,4)30-25(5,6)29-22)19-13-14-20-21(27)11-9-17-26(19,20)7/h18-22,27-28H,8-17H2,1-7H3/t18-,19-,20+,21+,22-,26-/m1/s1. The Labute approximate surface area is 185 Å². The maximum absolute atomic E-state index is 10.7. The molecule has 3 rings (SSSR count). The molecule has 4 nitrogen and oxygen atoms in total. The van der Waals surface area contributed by atoms with Crippen LogP contribution in [0.2, 0.25) is 0 Å². The van der Waals surface area contributed by atoms with E-state index in [4.69, 9.17) is 9.47 Å². The molecular weight excluding hydrogens is 376 g/mol. The summed E-state index contributed by atoms with van der Waals surface area (Å²) in [6, 6.07) is 0. The van der Waals surface area contributed by atoms with Crippen molar-refractivity contribution in [2.75, 3.05) is 0 Å². The molecule has 6 atom stereocenters. The van der Waals surface area contributed by atoms with Crippen LogP contribution >= 0.6 is 0 Å². The van der Waals surface area contributed by atoms with Crippen molar-refractivity contribution in [1.29, 1.82) is 0 Å². The Balaban J connectivity index is 1.71. The van der Waals surface area contributed by atoms with Crippen LogP contribution in [0, 0.1) is 23.2 Å². The molecule has 3 fully saturated rings. The molecule has 1 aliphatic heterocycles. The van der Waals surface area contributed by atoms with E-state index in [-0.39, 0.29) is 23.2 Å². The second-order valence-electron chi connectivity index (χ2n) is 12.5. The predicted octanol–water partition coefficient (Wildman–Crippen LogP) is 5.83. The van der Waals surface area contributed by atoms with E-state index in [0.29, 0.717) is 17.8 Å². The fourth-order valence-corrected chi connectivity index (χ4v) is 7.29. The molecule has 2 aliphatic carbocycles. The van der Waals surface area contributed by atoms with Gasteiger partial charge in [0.1, 0.15) is 0 Å². The fourth-order valence-electron chi connectivity index (χ4n) is 7.29. The number of aliphatic hydroxyl groups excluding tert-OH is 1. The molecule has 1 saturated heterocycles. The summed E-state index contributed by atoms with van der Waals surface area (Å²) in [4.78, 5) is 0. The van der Waals surface area contributed by atoms with E-state index in [9.17, 15) is 10.2 Å². The van der Waals surface area contributed by atoms with E-state index in [1.54, 1.807) is 0 Å². The lowest BCUT2D eigenvalue weighted by Gasteiger charge is -2.46. The zero-order valence-electron chi connectivity index (χ0n) is 20.7. The van der Waals surface area contributed by atoms with Crippen molar-refractivity contribution in [3.8, 4) is 0 Å². The molecular formula is C26H48O4. The summed E-state index contributed by atoms with van der Waals surface area (Å²) in [6.45, 7) is 14.6. The summed E-state index contributed by atoms with van der Waals surface area (Å²) in [6.07, 6.45) is 11.0. The third kappa shape index (κ3) is 5.42. The zero-order valence-corrected chi connectivity index (χ0v) is 20.7. The van der Waals surface area contributed by atoms with Gasteiger partial charge >= 0.3 is 0 Å². The van der Waals surface area contributed by atoms with Crippen molar-refractivity contribution < 1.29 is 19.7 Å². The zero-order chi connectivity index (χ0) is 22.4. The highest BCUT2D eigenvalue weighted by molar-refractivity contribution is 5.02. The molecule has 3 aliphatic rings. The summed E-state index contributed by atoms with van der Waals surface area (Å²) in [5, 5.41) is 20.9. The van der Waals surface area contributed by atoms with Gasteiger partial charge in [-0.25, -0.2) is 0 Å². The van der Waals surface area contributed by atoms with Crippen LogP contribution < -0.4 is 0 Å². The first-order valence-corrected chi connectivity index (χ1v) is 12.5. The van der Waals surface area contributed by atoms with Crippen LogP contribution in [0.3, 0.4) is 0 Å². The van der Waals surface area contributed by atoms with Crippen molar-refractivity contribution in [3.05, 3.63) is 0 Å². The molecule has 0 aromatic rings. The smallest absolute Gasteiger partial charge is 0.164 e. The van der Waals surface area contributed by atoms with E-state index >= 15 is 0 Å². The molecule has 0 bridgehead atoms. The van der Waals surface area contributed by atoms with Gasteiger partial charge in [-0.3, -0.25) is 0 Å². The molecule has 30 heavy (non-hydrogen) atoms. The summed E-state index contributed by atoms with van der Waals surface area (Å²) >= 11 is 0. The molecule has 176 valence electrons. The third-order valence-corrected chi connectivity index (χ3v) is 8.61. The van der Waals surface area contributed by atoms with Crippen LogP contribution in [0.4, 0.5) is 0 Å². The molecule has 0 radical (unpaired) electrons. The Morgan fingerprint density at radius 2 is 1.73 bits per heavy atom. The molecule has 4 heteroatoms. The first kappa shape index (κ1) is 24.5. The van der Waals surface area contributed by atoms with Crippen LogP contribution in [0.15, 0.2) is 0 Å². The lowest BCUT2D eigenvalue weighted by atomic mass is 9.60. The van der Waals surface area contributed by atoms with Crippen LogP contribution in [0.5, 0.6) is 0 Å². The predicted molar refractivity (Wildman–Crippen MR) is 121 cm³/mol. The van der Waals surface area contributed by atoms with Gasteiger partial charge in [0.05, 0.1) is 23.4 Å². The first-order valence-electron chi connectivity index (χ1n) is 12.5. The van der Waals surface area contributed by atoms with Crippen molar-refractivity contribution in [2.45, 2.75) is 142 Å². The van der Waals surface area contributed by atoms with Crippen LogP contribution in [0.1, 0.15) is 113 Å². The van der Waals surface area contributed by atoms with Gasteiger partial charge in [-0.15, -0.1) is 0 Å². The monoisotopic (exact) mass is 424 g/mol. The van der Waals surface area contributed by atoms with Gasteiger partial charge in [-0.05, 0) is 110 Å². The molecule has 0 aromatic carbocycles. The first-order chi connectivity index (χ1) is 13.7. The minimum Gasteiger partial charge on any atom is -0.393 e. The number of aliphatic hydroxyl groups is 2. The average molecular weight is 425 g/mol. The SMILES string of the molecule is CC(C)(O)CCC[C@H](CC[C@H]1OC(C)(C)OC1(C)C)[C@H]1CC[C@H]2[C@@H](O)CCC[C@]12C. The van der Waals surface area contributed by atoms with Crippen molar-refractivity contribution in [1.82, 2.24) is 0 Å². The Morgan fingerprint density at radius 3 is 2.33 bits per heavy atom. The van der Waals surface area contributed by atoms with Crippen molar-refractivity contribution in [2.24, 2.45) is 23.2 Å². The maximum Gasteiger partial charge on any atom is 0.164 e. The molecule has 0 aromatic heterocycles. The largest absolute Gasteiger partial charge is 0.393 e. The van der Waals surface area contributed by atoms with Crippen LogP contribution in [-0.2, 0) is 9.47 Å². The van der Waals surface area contributed by atoms with E-state index < -0.39 is 11.4 Å². The lowest BCUT2D eigenvalue weighted by molar-refractivity contribution is -0.157. The van der Waals surface area contributed by atoms with Crippen molar-refractivity contribution >= 4 is 0 Å². The summed E-state index contributed by atoms with van der Waals surface area (Å²) < 4.78 is 12.4. The number of hydrogen-bond donors (Lipinski definition) is 2. The number of ether oxygens (including phenoxy) is 2. The minimum absolute atomic E-state index is 0.114. The number of rotatable bonds is 8. The summed E-state index contributed by atoms with van der Waals surface area (Å²) in [5.74, 6) is 1.24. The Kier molecular flexibility index (Phi) is 7.06. The second-order valence-corrected chi connectivity index (χ2v) is 12.5. The van der Waals surface area contributed by atoms with Crippen LogP contribution in [-0.4, -0.2) is 39.4 Å². The Morgan fingerprint density at radius 1 is 1.03 bits per heavy atom. The maximum atomic E-state index is 10.7. The Hall–Kier alpha value is -0.160. The van der Waals surface area contributed by atoms with Gasteiger partial charge in [0, 0.05) is 0 Å². The van der Waals surface area contributed by atoms with Gasteiger partial charge in [-0.1, -0.05) is 26.2 Å². The average Bonchev–Trinajstić information content (AvgIpc) is 3.03. The van der Waals surface area contributed by atoms with Crippen LogP contribution in [0.25, 0.3) is 0 Å². The highest BCUT2D eigenvalue weighted by Crippen LogP contribution is 2.59. The number of hydrogen-bond acceptors (Lipinski definition) is 4. The molecule has 0 unspecified atom stereocenters. The minimum atomic E-state index is -0.595. The topological polar surface area (TPSA) is 58.9 Å². The van der Waals surface area contributed by atoms with E-state index in [0.717, 1.165) is 44.9 Å². The van der Waals surface area contributed by atoms with E-state index in [1.165, 1.54) is 19.3 Å². The molecule has 0 spiro atoms. The van der Waals surface area contributed by atoms with Gasteiger partial charge in [0.2, 0.25) is 0 Å². The Bertz CT molecular complexity index is 578. The molecule has 2 N–H and O–H groups in total. The van der Waals surface area contributed by atoms with Gasteiger partial charge in [0.15, 0.2) is 5.79 Å². The van der Waals surface area contributed by atoms with Gasteiger partial charge in [0.25, 0.3) is 0 Å². The fraction of sp³-hybridized carbons (Fsp3) is 1.00. The van der Waals surface area contributed by atoms with E-state index in [2.05, 4.69) is 20.8 Å². The molecule has 2 saturated carbocycles. The lowest BCUT2D eigenvalue weighted by Crippen LogP contribution is -2.42. The highest BCUT2D eigenvalue weighted by atomic mass is 16.8. The third-order valence-electron chi connectivity index (χ3n) is 8.61. The number of fused-ring (bicyclic) bond motifs is 1. The second kappa shape index (κ2) is 8.65. The molecule has 1 heterocycles. The van der Waals surface area contributed by atoms with Gasteiger partial charge in [-0.2, -0.15) is 0 Å². The summed E-state index contributed by atoms with van der Waals surface area (Å²) in [7, 11) is 0. The van der Waals surface area contributed by atoms with E-state index in [1.807, 2.05) is 27.7 Å². The highest BCUT2D eigenvalue weighted by Gasteiger charge is 2.53.